The van der Waals surface area contributed by atoms with Gasteiger partial charge in [-0.25, -0.2) is 0 Å². The molecule has 0 aliphatic heterocycles. The van der Waals surface area contributed by atoms with Crippen LogP contribution in [0.3, 0.4) is 0 Å². The fourth-order valence-corrected chi connectivity index (χ4v) is 2.98. The van der Waals surface area contributed by atoms with Crippen molar-refractivity contribution in [2.24, 2.45) is 0 Å². The summed E-state index contributed by atoms with van der Waals surface area (Å²) in [6.07, 6.45) is 0. The average molecular weight is 326 g/mol. The number of hydrogen-bond acceptors (Lipinski definition) is 3. The van der Waals surface area contributed by atoms with Crippen molar-refractivity contribution in [1.82, 2.24) is 19.7 Å². The number of rotatable bonds is 3. The highest BCUT2D eigenvalue weighted by Gasteiger charge is 2.18. The second kappa shape index (κ2) is 6.32. The van der Waals surface area contributed by atoms with Crippen molar-refractivity contribution in [2.75, 3.05) is 0 Å². The topological polar surface area (TPSA) is 43.6 Å². The van der Waals surface area contributed by atoms with Gasteiger partial charge < -0.3 is 0 Å². The maximum Gasteiger partial charge on any atom is 0.168 e. The first-order chi connectivity index (χ1) is 12.2. The molecule has 0 radical (unpaired) electrons. The molecule has 4 rings (SSSR count). The van der Waals surface area contributed by atoms with Crippen LogP contribution in [0.25, 0.3) is 28.5 Å². The summed E-state index contributed by atoms with van der Waals surface area (Å²) in [5.41, 5.74) is 4.99. The maximum atomic E-state index is 4.62. The molecule has 25 heavy (non-hydrogen) atoms. The van der Waals surface area contributed by atoms with E-state index < -0.39 is 0 Å². The number of aromatic nitrogens is 4. The van der Waals surface area contributed by atoms with Crippen LogP contribution in [-0.2, 0) is 0 Å². The molecule has 4 heteroatoms. The van der Waals surface area contributed by atoms with Crippen LogP contribution in [0.15, 0.2) is 72.8 Å². The lowest BCUT2D eigenvalue weighted by atomic mass is 10.1. The van der Waals surface area contributed by atoms with Gasteiger partial charge in [0.2, 0.25) is 0 Å². The van der Waals surface area contributed by atoms with Crippen LogP contribution in [0, 0.1) is 13.8 Å². The number of hydrogen-bond donors (Lipinski definition) is 0. The van der Waals surface area contributed by atoms with Crippen molar-refractivity contribution in [2.45, 2.75) is 13.8 Å². The highest BCUT2D eigenvalue weighted by molar-refractivity contribution is 5.67. The molecule has 0 amide bonds. The quantitative estimate of drug-likeness (QED) is 0.552. The lowest BCUT2D eigenvalue weighted by Crippen LogP contribution is -2.04. The Morgan fingerprint density at radius 1 is 0.640 bits per heavy atom. The molecule has 0 unspecified atom stereocenters. The van der Waals surface area contributed by atoms with E-state index in [0.29, 0.717) is 0 Å². The van der Waals surface area contributed by atoms with Crippen LogP contribution in [0.5, 0.6) is 0 Å². The molecule has 0 atom stereocenters. The summed E-state index contributed by atoms with van der Waals surface area (Å²) in [6.45, 7) is 4.02. The minimum Gasteiger partial charge on any atom is -0.273 e. The van der Waals surface area contributed by atoms with Gasteiger partial charge in [0, 0.05) is 16.8 Å². The van der Waals surface area contributed by atoms with Crippen molar-refractivity contribution < 1.29 is 0 Å². The number of benzene rings is 2. The molecule has 0 bridgehead atoms. The minimum absolute atomic E-state index is 0.813. The number of nitrogens with zero attached hydrogens (tertiary/aromatic N) is 4. The van der Waals surface area contributed by atoms with Crippen LogP contribution in [-0.4, -0.2) is 19.7 Å². The van der Waals surface area contributed by atoms with Crippen molar-refractivity contribution in [3.8, 4) is 28.5 Å². The van der Waals surface area contributed by atoms with Crippen LogP contribution in [0.4, 0.5) is 0 Å². The third-order valence-electron chi connectivity index (χ3n) is 4.17. The second-order valence-electron chi connectivity index (χ2n) is 5.97. The Labute approximate surface area is 146 Å². The van der Waals surface area contributed by atoms with Crippen LogP contribution in [0.1, 0.15) is 11.4 Å². The van der Waals surface area contributed by atoms with Gasteiger partial charge in [0.05, 0.1) is 11.4 Å². The average Bonchev–Trinajstić information content (AvgIpc) is 3.08. The highest BCUT2D eigenvalue weighted by atomic mass is 15.3. The molecular weight excluding hydrogens is 308 g/mol. The predicted molar refractivity (Wildman–Crippen MR) is 99.5 cm³/mol. The predicted octanol–water partition coefficient (Wildman–Crippen LogP) is 4.61. The molecule has 0 N–H and O–H groups in total. The lowest BCUT2D eigenvalue weighted by molar-refractivity contribution is 1.00. The molecular formula is C21H18N4. The molecule has 4 aromatic rings. The Balaban J connectivity index is 2.00. The third-order valence-corrected chi connectivity index (χ3v) is 4.17. The summed E-state index contributed by atoms with van der Waals surface area (Å²) in [4.78, 5) is 4.62. The monoisotopic (exact) mass is 326 g/mol. The molecule has 0 saturated carbocycles. The van der Waals surface area contributed by atoms with Gasteiger partial charge in [-0.1, -0.05) is 60.7 Å². The third kappa shape index (κ3) is 2.83. The number of pyridine rings is 1. The van der Waals surface area contributed by atoms with E-state index in [-0.39, 0.29) is 0 Å². The number of aryl methyl sites for hydroxylation is 2. The van der Waals surface area contributed by atoms with Crippen molar-refractivity contribution in [3.63, 3.8) is 0 Å². The summed E-state index contributed by atoms with van der Waals surface area (Å²) in [5, 5.41) is 8.98. The van der Waals surface area contributed by atoms with Gasteiger partial charge in [-0.15, -0.1) is 10.2 Å². The van der Waals surface area contributed by atoms with Gasteiger partial charge in [-0.3, -0.25) is 9.55 Å². The smallest absolute Gasteiger partial charge is 0.168 e. The Morgan fingerprint density at radius 3 is 1.64 bits per heavy atom. The molecule has 0 aliphatic rings. The van der Waals surface area contributed by atoms with Crippen LogP contribution in [0.2, 0.25) is 0 Å². The maximum absolute atomic E-state index is 4.62. The molecule has 122 valence electrons. The summed E-state index contributed by atoms with van der Waals surface area (Å²) in [6, 6.07) is 24.3. The summed E-state index contributed by atoms with van der Waals surface area (Å²) in [5.74, 6) is 1.63. The first-order valence-electron chi connectivity index (χ1n) is 8.25. The minimum atomic E-state index is 0.813. The van der Waals surface area contributed by atoms with Crippen molar-refractivity contribution >= 4 is 0 Å². The molecule has 2 heterocycles. The molecule has 0 fully saturated rings. The van der Waals surface area contributed by atoms with Gasteiger partial charge in [0.15, 0.2) is 11.6 Å². The standard InChI is InChI=1S/C21H18N4/c1-15-13-14-19(16(2)22-15)25-20(17-9-5-3-6-10-17)23-24-21(25)18-11-7-4-8-12-18/h3-14H,1-2H3. The molecule has 4 nitrogen and oxygen atoms in total. The van der Waals surface area contributed by atoms with Gasteiger partial charge >= 0.3 is 0 Å². The van der Waals surface area contributed by atoms with Gasteiger partial charge in [0.25, 0.3) is 0 Å². The molecule has 0 saturated heterocycles. The van der Waals surface area contributed by atoms with Crippen LogP contribution >= 0.6 is 0 Å². The molecule has 0 aliphatic carbocycles. The van der Waals surface area contributed by atoms with Crippen LogP contribution < -0.4 is 0 Å². The van der Waals surface area contributed by atoms with Gasteiger partial charge in [0.1, 0.15) is 0 Å². The largest absolute Gasteiger partial charge is 0.273 e. The summed E-state index contributed by atoms with van der Waals surface area (Å²) in [7, 11) is 0. The fraction of sp³-hybridized carbons (Fsp3) is 0.0952. The Hall–Kier alpha value is -3.27. The molecule has 2 aromatic heterocycles. The van der Waals surface area contributed by atoms with E-state index in [1.54, 1.807) is 0 Å². The molecule has 0 spiro atoms. The summed E-state index contributed by atoms with van der Waals surface area (Å²) < 4.78 is 2.09. The molecule has 2 aromatic carbocycles. The van der Waals surface area contributed by atoms with E-state index in [2.05, 4.69) is 25.8 Å². The zero-order valence-corrected chi connectivity index (χ0v) is 14.2. The van der Waals surface area contributed by atoms with E-state index in [9.17, 15) is 0 Å². The Bertz CT molecular complexity index is 948. The Morgan fingerprint density at radius 2 is 1.16 bits per heavy atom. The van der Waals surface area contributed by atoms with Crippen molar-refractivity contribution in [1.29, 1.82) is 0 Å². The zero-order chi connectivity index (χ0) is 17.2. The van der Waals surface area contributed by atoms with E-state index in [1.165, 1.54) is 0 Å². The fourth-order valence-electron chi connectivity index (χ4n) is 2.98. The lowest BCUT2D eigenvalue weighted by Gasteiger charge is -2.13. The van der Waals surface area contributed by atoms with Crippen molar-refractivity contribution in [3.05, 3.63) is 84.2 Å². The normalized spacial score (nSPS) is 10.8. The van der Waals surface area contributed by atoms with E-state index in [0.717, 1.165) is 39.9 Å². The SMILES string of the molecule is Cc1ccc(-n2c(-c3ccccc3)nnc2-c2ccccc2)c(C)n1. The van der Waals surface area contributed by atoms with Gasteiger partial charge in [-0.05, 0) is 26.0 Å². The Kier molecular flexibility index (Phi) is 3.86. The second-order valence-corrected chi connectivity index (χ2v) is 5.97. The highest BCUT2D eigenvalue weighted by Crippen LogP contribution is 2.29. The van der Waals surface area contributed by atoms with E-state index in [4.69, 9.17) is 0 Å². The first kappa shape index (κ1) is 15.3. The van der Waals surface area contributed by atoms with E-state index >= 15 is 0 Å². The zero-order valence-electron chi connectivity index (χ0n) is 14.2. The van der Waals surface area contributed by atoms with E-state index in [1.807, 2.05) is 80.6 Å². The van der Waals surface area contributed by atoms with Gasteiger partial charge in [-0.2, -0.15) is 0 Å². The summed E-state index contributed by atoms with van der Waals surface area (Å²) >= 11 is 0. The first-order valence-corrected chi connectivity index (χ1v) is 8.25.